The molecule has 1 fully saturated rings. The summed E-state index contributed by atoms with van der Waals surface area (Å²) in [5.41, 5.74) is 0.0893. The van der Waals surface area contributed by atoms with Crippen molar-refractivity contribution in [2.75, 3.05) is 6.54 Å². The second-order valence-corrected chi connectivity index (χ2v) is 7.29. The summed E-state index contributed by atoms with van der Waals surface area (Å²) in [6, 6.07) is 7.87. The Balaban J connectivity index is 2.26. The highest BCUT2D eigenvalue weighted by Crippen LogP contribution is 2.34. The predicted octanol–water partition coefficient (Wildman–Crippen LogP) is 3.51. The molecule has 2 amide bonds. The lowest BCUT2D eigenvalue weighted by molar-refractivity contribution is -0.144. The largest absolute Gasteiger partial charge is 0.444 e. The van der Waals surface area contributed by atoms with Gasteiger partial charge in [0.2, 0.25) is 0 Å². The number of carbonyl (C=O) groups excluding carboxylic acids is 2. The van der Waals surface area contributed by atoms with E-state index in [0.29, 0.717) is 19.9 Å². The number of nitrogens with one attached hydrogen (secondary N) is 1. The highest BCUT2D eigenvalue weighted by atomic mass is 19.3. The van der Waals surface area contributed by atoms with Crippen LogP contribution in [0.15, 0.2) is 30.3 Å². The maximum absolute atomic E-state index is 13.3. The fraction of sp³-hybridized carbons (Fsp3) is 0.556. The van der Waals surface area contributed by atoms with Gasteiger partial charge >= 0.3 is 12.0 Å². The van der Waals surface area contributed by atoms with E-state index in [1.807, 2.05) is 6.07 Å². The van der Waals surface area contributed by atoms with Gasteiger partial charge in [-0.3, -0.25) is 9.69 Å². The molecule has 1 N–H and O–H groups in total. The van der Waals surface area contributed by atoms with E-state index in [1.54, 1.807) is 45.0 Å². The molecule has 2 atom stereocenters. The van der Waals surface area contributed by atoms with Crippen molar-refractivity contribution in [3.05, 3.63) is 35.9 Å². The minimum absolute atomic E-state index is 0.314. The van der Waals surface area contributed by atoms with Gasteiger partial charge in [-0.05, 0) is 32.8 Å². The van der Waals surface area contributed by atoms with E-state index in [9.17, 15) is 18.4 Å². The van der Waals surface area contributed by atoms with Gasteiger partial charge in [-0.15, -0.1) is 0 Å². The lowest BCUT2D eigenvalue weighted by Crippen LogP contribution is -2.47. The van der Waals surface area contributed by atoms with Crippen molar-refractivity contribution in [1.29, 1.82) is 0 Å². The highest BCUT2D eigenvalue weighted by molar-refractivity contribution is 5.83. The molecule has 25 heavy (non-hydrogen) atoms. The van der Waals surface area contributed by atoms with E-state index < -0.39 is 35.6 Å². The van der Waals surface area contributed by atoms with E-state index in [2.05, 4.69) is 5.32 Å². The number of amides is 2. The first kappa shape index (κ1) is 19.1. The summed E-state index contributed by atoms with van der Waals surface area (Å²) in [7, 11) is 0. The first-order valence-electron chi connectivity index (χ1n) is 8.22. The molecule has 2 rings (SSSR count). The molecule has 0 unspecified atom stereocenters. The lowest BCUT2D eigenvalue weighted by atomic mass is 10.00. The van der Waals surface area contributed by atoms with Gasteiger partial charge in [0.05, 0.1) is 12.1 Å². The fourth-order valence-corrected chi connectivity index (χ4v) is 2.83. The molecule has 1 heterocycles. The molecule has 1 aliphatic heterocycles. The molecular weight excluding hydrogens is 330 g/mol. The number of nitrogens with zero attached hydrogens (tertiary/aromatic N) is 1. The van der Waals surface area contributed by atoms with E-state index in [0.717, 1.165) is 5.56 Å². The summed E-state index contributed by atoms with van der Waals surface area (Å²) >= 11 is 0. The molecule has 0 aliphatic carbocycles. The molecule has 5 nitrogen and oxygen atoms in total. The van der Waals surface area contributed by atoms with Crippen LogP contribution < -0.4 is 5.32 Å². The first-order valence-corrected chi connectivity index (χ1v) is 8.22. The van der Waals surface area contributed by atoms with Crippen LogP contribution in [0.4, 0.5) is 13.6 Å². The Labute approximate surface area is 146 Å². The van der Waals surface area contributed by atoms with Crippen LogP contribution in [0, 0.1) is 0 Å². The molecule has 1 aliphatic rings. The van der Waals surface area contributed by atoms with Crippen molar-refractivity contribution in [3.63, 3.8) is 0 Å². The highest BCUT2D eigenvalue weighted by Gasteiger charge is 2.43. The van der Waals surface area contributed by atoms with Crippen LogP contribution in [-0.2, 0) is 9.53 Å². The van der Waals surface area contributed by atoms with Crippen LogP contribution in [0.3, 0.4) is 0 Å². The lowest BCUT2D eigenvalue weighted by Gasteiger charge is -2.31. The Morgan fingerprint density at radius 1 is 1.16 bits per heavy atom. The zero-order chi connectivity index (χ0) is 18.8. The van der Waals surface area contributed by atoms with Gasteiger partial charge in [-0.25, -0.2) is 4.79 Å². The zero-order valence-corrected chi connectivity index (χ0v) is 14.9. The van der Waals surface area contributed by atoms with E-state index in [-0.39, 0.29) is 0 Å². The predicted molar refractivity (Wildman–Crippen MR) is 89.3 cm³/mol. The Morgan fingerprint density at radius 3 is 2.28 bits per heavy atom. The number of ether oxygens (including phenoxy) is 1. The average Bonchev–Trinajstić information content (AvgIpc) is 2.89. The standard InChI is InChI=1S/C18H24F2N2O3/c1-17(2,3)25-16(24)22-11-10-13(21-15(23)18(4,19)20)14(22)12-8-6-5-7-9-12/h5-9,13-14H,10-11H2,1-4H3,(H,21,23)/t13-,14+/m1/s1. The van der Waals surface area contributed by atoms with Crippen molar-refractivity contribution in [1.82, 2.24) is 10.2 Å². The van der Waals surface area contributed by atoms with Crippen molar-refractivity contribution in [2.45, 2.75) is 57.7 Å². The topological polar surface area (TPSA) is 58.6 Å². The van der Waals surface area contributed by atoms with Crippen LogP contribution in [0.5, 0.6) is 0 Å². The molecule has 1 saturated heterocycles. The number of halogens is 2. The molecule has 0 radical (unpaired) electrons. The van der Waals surface area contributed by atoms with E-state index in [1.165, 1.54) is 4.90 Å². The summed E-state index contributed by atoms with van der Waals surface area (Å²) < 4.78 is 31.9. The maximum atomic E-state index is 13.3. The molecule has 0 aromatic heterocycles. The SMILES string of the molecule is CC(C)(C)OC(=O)N1CC[C@@H](NC(=O)C(C)(F)F)[C@@H]1c1ccccc1. The van der Waals surface area contributed by atoms with Crippen molar-refractivity contribution >= 4 is 12.0 Å². The molecule has 7 heteroatoms. The van der Waals surface area contributed by atoms with Crippen LogP contribution in [0.25, 0.3) is 0 Å². The number of hydrogen-bond donors (Lipinski definition) is 1. The summed E-state index contributed by atoms with van der Waals surface area (Å²) in [5.74, 6) is -4.81. The Kier molecular flexibility index (Phi) is 5.34. The third-order valence-electron chi connectivity index (χ3n) is 3.88. The van der Waals surface area contributed by atoms with Gasteiger partial charge in [0.25, 0.3) is 5.91 Å². The third kappa shape index (κ3) is 4.90. The summed E-state index contributed by atoms with van der Waals surface area (Å²) in [6.07, 6.45) is -0.151. The number of carbonyl (C=O) groups is 2. The van der Waals surface area contributed by atoms with Crippen LogP contribution >= 0.6 is 0 Å². The summed E-state index contributed by atoms with van der Waals surface area (Å²) in [4.78, 5) is 25.7. The molecule has 1 aromatic rings. The number of benzene rings is 1. The van der Waals surface area contributed by atoms with E-state index in [4.69, 9.17) is 4.74 Å². The second kappa shape index (κ2) is 6.98. The van der Waals surface area contributed by atoms with Gasteiger partial charge in [0.1, 0.15) is 5.60 Å². The third-order valence-corrected chi connectivity index (χ3v) is 3.88. The van der Waals surface area contributed by atoms with Crippen LogP contribution in [0.1, 0.15) is 45.7 Å². The van der Waals surface area contributed by atoms with Gasteiger partial charge in [-0.1, -0.05) is 30.3 Å². The minimum atomic E-state index is -3.47. The van der Waals surface area contributed by atoms with Crippen LogP contribution in [0.2, 0.25) is 0 Å². The van der Waals surface area contributed by atoms with E-state index >= 15 is 0 Å². The second-order valence-electron chi connectivity index (χ2n) is 7.29. The van der Waals surface area contributed by atoms with Gasteiger partial charge in [0.15, 0.2) is 0 Å². The monoisotopic (exact) mass is 354 g/mol. The Hall–Kier alpha value is -2.18. The van der Waals surface area contributed by atoms with Gasteiger partial charge in [0, 0.05) is 13.5 Å². The number of alkyl halides is 2. The van der Waals surface area contributed by atoms with Crippen molar-refractivity contribution in [3.8, 4) is 0 Å². The van der Waals surface area contributed by atoms with Gasteiger partial charge in [-0.2, -0.15) is 8.78 Å². The molecule has 0 saturated carbocycles. The molecule has 0 bridgehead atoms. The molecular formula is C18H24F2N2O3. The maximum Gasteiger partial charge on any atom is 0.410 e. The average molecular weight is 354 g/mol. The Bertz CT molecular complexity index is 623. The fourth-order valence-electron chi connectivity index (χ4n) is 2.83. The normalized spacial score (nSPS) is 21.1. The Morgan fingerprint density at radius 2 is 1.76 bits per heavy atom. The molecule has 0 spiro atoms. The quantitative estimate of drug-likeness (QED) is 0.904. The summed E-state index contributed by atoms with van der Waals surface area (Å²) in [5, 5.41) is 2.38. The number of hydrogen-bond acceptors (Lipinski definition) is 3. The number of likely N-dealkylation sites (tertiary alicyclic amines) is 1. The van der Waals surface area contributed by atoms with Gasteiger partial charge < -0.3 is 10.1 Å². The first-order chi connectivity index (χ1) is 11.5. The molecule has 1 aromatic carbocycles. The smallest absolute Gasteiger partial charge is 0.410 e. The minimum Gasteiger partial charge on any atom is -0.444 e. The van der Waals surface area contributed by atoms with Crippen molar-refractivity contribution < 1.29 is 23.1 Å². The zero-order valence-electron chi connectivity index (χ0n) is 14.9. The summed E-state index contributed by atoms with van der Waals surface area (Å²) in [6.45, 7) is 6.15. The van der Waals surface area contributed by atoms with Crippen molar-refractivity contribution in [2.24, 2.45) is 0 Å². The molecule has 138 valence electrons. The van der Waals surface area contributed by atoms with Crippen LogP contribution in [-0.4, -0.2) is 41.0 Å². The number of rotatable bonds is 3.